The molecule has 2 fully saturated rings. The Balaban J connectivity index is 1.58. The van der Waals surface area contributed by atoms with E-state index in [1.165, 1.54) is 4.31 Å². The maximum Gasteiger partial charge on any atom is 0.252 e. The zero-order valence-electron chi connectivity index (χ0n) is 13.6. The molecule has 24 heavy (non-hydrogen) atoms. The van der Waals surface area contributed by atoms with Gasteiger partial charge in [-0.25, -0.2) is 8.42 Å². The summed E-state index contributed by atoms with van der Waals surface area (Å²) >= 11 is 6.92. The zero-order valence-corrected chi connectivity index (χ0v) is 16.0. The summed E-state index contributed by atoms with van der Waals surface area (Å²) in [7, 11) is -1.43. The van der Waals surface area contributed by atoms with E-state index in [1.54, 1.807) is 12.1 Å². The van der Waals surface area contributed by atoms with Crippen LogP contribution in [0.25, 0.3) is 0 Å². The molecule has 2 aliphatic rings. The number of hydrogen-bond donors (Lipinski definition) is 0. The van der Waals surface area contributed by atoms with Crippen molar-refractivity contribution in [2.24, 2.45) is 5.92 Å². The van der Waals surface area contributed by atoms with Crippen LogP contribution in [0.3, 0.4) is 0 Å². The highest BCUT2D eigenvalue weighted by molar-refractivity contribution is 7.91. The number of rotatable bonds is 3. The normalized spacial score (nSPS) is 22.0. The first-order valence-corrected chi connectivity index (χ1v) is 10.7. The molecule has 2 aliphatic heterocycles. The molecule has 0 aromatic carbocycles. The number of carbonyl (C=O) groups excluding carboxylic acids is 1. The molecule has 134 valence electrons. The van der Waals surface area contributed by atoms with E-state index >= 15 is 0 Å². The first-order chi connectivity index (χ1) is 11.4. The van der Waals surface area contributed by atoms with Crippen LogP contribution in [0.2, 0.25) is 4.34 Å². The monoisotopic (exact) mass is 391 g/mol. The van der Waals surface area contributed by atoms with Crippen LogP contribution in [0.1, 0.15) is 12.8 Å². The number of nitrogens with zero attached hydrogens (tertiary/aromatic N) is 3. The minimum Gasteiger partial charge on any atom is -0.340 e. The van der Waals surface area contributed by atoms with E-state index in [0.717, 1.165) is 37.5 Å². The molecular weight excluding hydrogens is 370 g/mol. The summed E-state index contributed by atoms with van der Waals surface area (Å²) in [6.45, 7) is 4.11. The number of thiophene rings is 1. The van der Waals surface area contributed by atoms with Crippen LogP contribution in [-0.2, 0) is 14.8 Å². The van der Waals surface area contributed by atoms with E-state index in [0.29, 0.717) is 30.3 Å². The maximum atomic E-state index is 12.6. The molecule has 6 nitrogen and oxygen atoms in total. The topological polar surface area (TPSA) is 60.9 Å². The van der Waals surface area contributed by atoms with Crippen molar-refractivity contribution in [1.82, 2.24) is 14.1 Å². The first kappa shape index (κ1) is 18.1. The van der Waals surface area contributed by atoms with Gasteiger partial charge in [-0.05, 0) is 32.0 Å². The lowest BCUT2D eigenvalue weighted by Gasteiger charge is -2.37. The number of piperidine rings is 1. The summed E-state index contributed by atoms with van der Waals surface area (Å²) in [4.78, 5) is 16.8. The molecule has 0 spiro atoms. The number of likely N-dealkylation sites (N-methyl/N-ethyl adjacent to an activating group) is 1. The lowest BCUT2D eigenvalue weighted by Crippen LogP contribution is -2.50. The second-order valence-electron chi connectivity index (χ2n) is 6.37. The van der Waals surface area contributed by atoms with Gasteiger partial charge in [-0.1, -0.05) is 11.6 Å². The van der Waals surface area contributed by atoms with Crippen LogP contribution < -0.4 is 0 Å². The van der Waals surface area contributed by atoms with Gasteiger partial charge in [-0.3, -0.25) is 4.79 Å². The lowest BCUT2D eigenvalue weighted by molar-refractivity contribution is -0.138. The quantitative estimate of drug-likeness (QED) is 0.784. The number of sulfonamides is 1. The smallest absolute Gasteiger partial charge is 0.252 e. The Kier molecular flexibility index (Phi) is 5.51. The molecule has 1 aromatic rings. The third-order valence-electron chi connectivity index (χ3n) is 4.76. The lowest BCUT2D eigenvalue weighted by atomic mass is 9.96. The molecular formula is C15H22ClN3O3S2. The van der Waals surface area contributed by atoms with E-state index in [2.05, 4.69) is 11.9 Å². The third kappa shape index (κ3) is 3.77. The summed E-state index contributed by atoms with van der Waals surface area (Å²) < 4.78 is 27.4. The Hall–Kier alpha value is -0.670. The molecule has 0 unspecified atom stereocenters. The molecule has 0 saturated carbocycles. The Morgan fingerprint density at radius 2 is 1.75 bits per heavy atom. The van der Waals surface area contributed by atoms with Crippen LogP contribution in [-0.4, -0.2) is 74.7 Å². The number of carbonyl (C=O) groups is 1. The Morgan fingerprint density at radius 3 is 2.29 bits per heavy atom. The molecule has 1 aromatic heterocycles. The van der Waals surface area contributed by atoms with Gasteiger partial charge in [0.1, 0.15) is 4.21 Å². The second-order valence-corrected chi connectivity index (χ2v) is 10.2. The Morgan fingerprint density at radius 1 is 1.12 bits per heavy atom. The summed E-state index contributed by atoms with van der Waals surface area (Å²) in [6.07, 6.45) is 1.17. The standard InChI is InChI=1S/C15H22ClN3O3S2/c1-17-8-10-18(11-9-17)15(20)12-4-6-19(7-5-12)24(21,22)14-3-2-13(16)23-14/h2-3,12H,4-11H2,1H3. The highest BCUT2D eigenvalue weighted by Gasteiger charge is 2.34. The Bertz CT molecular complexity index is 691. The summed E-state index contributed by atoms with van der Waals surface area (Å²) in [6, 6.07) is 3.15. The molecule has 0 radical (unpaired) electrons. The first-order valence-electron chi connectivity index (χ1n) is 8.11. The Labute approximate surface area is 152 Å². The van der Waals surface area contributed by atoms with E-state index in [4.69, 9.17) is 11.6 Å². The van der Waals surface area contributed by atoms with Crippen molar-refractivity contribution in [2.45, 2.75) is 17.1 Å². The fraction of sp³-hybridized carbons (Fsp3) is 0.667. The zero-order chi connectivity index (χ0) is 17.3. The van der Waals surface area contributed by atoms with Crippen molar-refractivity contribution < 1.29 is 13.2 Å². The van der Waals surface area contributed by atoms with Gasteiger partial charge in [0.15, 0.2) is 0 Å². The van der Waals surface area contributed by atoms with Crippen LogP contribution in [0.15, 0.2) is 16.3 Å². The number of hydrogen-bond acceptors (Lipinski definition) is 5. The summed E-state index contributed by atoms with van der Waals surface area (Å²) in [5.41, 5.74) is 0. The highest BCUT2D eigenvalue weighted by Crippen LogP contribution is 2.31. The van der Waals surface area contributed by atoms with Gasteiger partial charge in [0.2, 0.25) is 5.91 Å². The van der Waals surface area contributed by atoms with E-state index in [9.17, 15) is 13.2 Å². The highest BCUT2D eigenvalue weighted by atomic mass is 35.5. The predicted octanol–water partition coefficient (Wildman–Crippen LogP) is 1.58. The minimum absolute atomic E-state index is 0.0632. The van der Waals surface area contributed by atoms with E-state index in [1.807, 2.05) is 4.90 Å². The average Bonchev–Trinajstić information content (AvgIpc) is 3.02. The van der Waals surface area contributed by atoms with Gasteiger partial charge >= 0.3 is 0 Å². The molecule has 0 atom stereocenters. The second kappa shape index (κ2) is 7.29. The fourth-order valence-corrected chi connectivity index (χ4v) is 6.30. The molecule has 3 heterocycles. The van der Waals surface area contributed by atoms with Gasteiger partial charge < -0.3 is 9.80 Å². The molecule has 0 N–H and O–H groups in total. The van der Waals surface area contributed by atoms with Crippen molar-refractivity contribution in [2.75, 3.05) is 46.3 Å². The molecule has 0 aliphatic carbocycles. The number of piperazine rings is 1. The molecule has 3 rings (SSSR count). The average molecular weight is 392 g/mol. The van der Waals surface area contributed by atoms with Crippen molar-refractivity contribution in [3.05, 3.63) is 16.5 Å². The largest absolute Gasteiger partial charge is 0.340 e. The minimum atomic E-state index is -3.49. The van der Waals surface area contributed by atoms with Crippen LogP contribution in [0, 0.1) is 5.92 Å². The van der Waals surface area contributed by atoms with Gasteiger partial charge in [-0.15, -0.1) is 11.3 Å². The van der Waals surface area contributed by atoms with Crippen molar-refractivity contribution in [1.29, 1.82) is 0 Å². The van der Waals surface area contributed by atoms with Crippen LogP contribution in [0.4, 0.5) is 0 Å². The summed E-state index contributed by atoms with van der Waals surface area (Å²) in [5, 5.41) is 0. The molecule has 2 saturated heterocycles. The SMILES string of the molecule is CN1CCN(C(=O)C2CCN(S(=O)(=O)c3ccc(Cl)s3)CC2)CC1. The van der Waals surface area contributed by atoms with Crippen molar-refractivity contribution >= 4 is 38.9 Å². The summed E-state index contributed by atoms with van der Waals surface area (Å²) in [5.74, 6) is 0.117. The van der Waals surface area contributed by atoms with E-state index in [-0.39, 0.29) is 16.0 Å². The number of amides is 1. The van der Waals surface area contributed by atoms with Gasteiger partial charge in [-0.2, -0.15) is 4.31 Å². The molecule has 0 bridgehead atoms. The van der Waals surface area contributed by atoms with Crippen molar-refractivity contribution in [3.63, 3.8) is 0 Å². The van der Waals surface area contributed by atoms with Crippen LogP contribution >= 0.6 is 22.9 Å². The maximum absolute atomic E-state index is 12.6. The number of halogens is 1. The third-order valence-corrected chi connectivity index (χ3v) is 8.36. The van der Waals surface area contributed by atoms with Crippen LogP contribution in [0.5, 0.6) is 0 Å². The molecule has 9 heteroatoms. The predicted molar refractivity (Wildman–Crippen MR) is 94.9 cm³/mol. The van der Waals surface area contributed by atoms with Gasteiger partial charge in [0.25, 0.3) is 10.0 Å². The van der Waals surface area contributed by atoms with Crippen molar-refractivity contribution in [3.8, 4) is 0 Å². The molecule has 1 amide bonds. The van der Waals surface area contributed by atoms with Gasteiger partial charge in [0, 0.05) is 45.2 Å². The van der Waals surface area contributed by atoms with E-state index < -0.39 is 10.0 Å². The van der Waals surface area contributed by atoms with Gasteiger partial charge in [0.05, 0.1) is 4.34 Å². The fourth-order valence-electron chi connectivity index (χ4n) is 3.19.